The van der Waals surface area contributed by atoms with Crippen molar-refractivity contribution in [3.05, 3.63) is 5.82 Å². The quantitative estimate of drug-likeness (QED) is 0.728. The van der Waals surface area contributed by atoms with Gasteiger partial charge in [0.2, 0.25) is 0 Å². The lowest BCUT2D eigenvalue weighted by Gasteiger charge is -1.97. The highest BCUT2D eigenvalue weighted by molar-refractivity contribution is 7.07. The Hall–Kier alpha value is -0.850. The van der Waals surface area contributed by atoms with Crippen LogP contribution in [0.15, 0.2) is 0 Å². The maximum atomic E-state index is 11.9. The number of ether oxygens (including phenoxy) is 1. The summed E-state index contributed by atoms with van der Waals surface area (Å²) < 4.78 is 43.4. The zero-order valence-electron chi connectivity index (χ0n) is 6.05. The largest absolute Gasteiger partial charge is 0.469 e. The smallest absolute Gasteiger partial charge is 0.452 e. The number of alkyl halides is 3. The molecule has 0 saturated heterocycles. The van der Waals surface area contributed by atoms with E-state index in [0.717, 1.165) is 0 Å². The summed E-state index contributed by atoms with van der Waals surface area (Å²) in [5, 5.41) is -0.0511. The Labute approximate surface area is 70.4 Å². The van der Waals surface area contributed by atoms with Gasteiger partial charge < -0.3 is 4.74 Å². The second-order valence-electron chi connectivity index (χ2n) is 1.81. The highest BCUT2D eigenvalue weighted by Gasteiger charge is 2.36. The van der Waals surface area contributed by atoms with E-state index >= 15 is 0 Å². The third-order valence-electron chi connectivity index (χ3n) is 0.929. The van der Waals surface area contributed by atoms with Crippen LogP contribution in [0.25, 0.3) is 0 Å². The van der Waals surface area contributed by atoms with Gasteiger partial charge in [-0.05, 0) is 6.92 Å². The summed E-state index contributed by atoms with van der Waals surface area (Å²) in [7, 11) is 0. The summed E-state index contributed by atoms with van der Waals surface area (Å²) in [6.07, 6.45) is -4.48. The molecule has 12 heavy (non-hydrogen) atoms. The molecular weight excluding hydrogens is 193 g/mol. The Kier molecular flexibility index (Phi) is 2.51. The fourth-order valence-corrected chi connectivity index (χ4v) is 1.11. The number of rotatable bonds is 2. The van der Waals surface area contributed by atoms with Gasteiger partial charge >= 0.3 is 6.18 Å². The van der Waals surface area contributed by atoms with Crippen LogP contribution in [-0.4, -0.2) is 16.0 Å². The van der Waals surface area contributed by atoms with E-state index in [4.69, 9.17) is 4.74 Å². The summed E-state index contributed by atoms with van der Waals surface area (Å²) in [6, 6.07) is 0. The number of halogens is 3. The molecule has 0 N–H and O–H groups in total. The average molecular weight is 198 g/mol. The summed E-state index contributed by atoms with van der Waals surface area (Å²) in [4.78, 5) is 3.13. The monoisotopic (exact) mass is 198 g/mol. The first-order valence-corrected chi connectivity index (χ1v) is 3.85. The Bertz CT molecular complexity index is 259. The van der Waals surface area contributed by atoms with Crippen LogP contribution in [0.4, 0.5) is 13.2 Å². The average Bonchev–Trinajstić information content (AvgIpc) is 2.35. The normalized spacial score (nSPS) is 11.7. The molecule has 0 bridgehead atoms. The molecule has 0 aliphatic carbocycles. The first-order valence-electron chi connectivity index (χ1n) is 3.07. The first-order chi connectivity index (χ1) is 5.54. The van der Waals surface area contributed by atoms with Crippen molar-refractivity contribution < 1.29 is 17.9 Å². The predicted molar refractivity (Wildman–Crippen MR) is 36.1 cm³/mol. The van der Waals surface area contributed by atoms with Crippen LogP contribution in [0, 0.1) is 0 Å². The van der Waals surface area contributed by atoms with Crippen molar-refractivity contribution in [2.24, 2.45) is 0 Å². The molecule has 1 rings (SSSR count). The van der Waals surface area contributed by atoms with Gasteiger partial charge in [0.1, 0.15) is 0 Å². The Morgan fingerprint density at radius 1 is 1.50 bits per heavy atom. The van der Waals surface area contributed by atoms with Gasteiger partial charge in [-0.1, -0.05) is 0 Å². The van der Waals surface area contributed by atoms with Crippen LogP contribution in [0.2, 0.25) is 0 Å². The maximum Gasteiger partial charge on any atom is 0.452 e. The van der Waals surface area contributed by atoms with E-state index in [0.29, 0.717) is 11.5 Å². The molecule has 0 aliphatic heterocycles. The second-order valence-corrected chi connectivity index (χ2v) is 2.53. The first kappa shape index (κ1) is 9.24. The standard InChI is InChI=1S/C5H5F3N2OS/c1-2-11-4-9-3(10-12-4)5(6,7)8/h2H2,1H3. The predicted octanol–water partition coefficient (Wildman–Crippen LogP) is 1.96. The lowest BCUT2D eigenvalue weighted by molar-refractivity contribution is -0.144. The van der Waals surface area contributed by atoms with E-state index in [1.807, 2.05) is 0 Å². The minimum Gasteiger partial charge on any atom is -0.469 e. The van der Waals surface area contributed by atoms with E-state index in [1.54, 1.807) is 6.92 Å². The van der Waals surface area contributed by atoms with E-state index in [9.17, 15) is 13.2 Å². The molecule has 1 aromatic heterocycles. The minimum atomic E-state index is -4.48. The van der Waals surface area contributed by atoms with Crippen LogP contribution in [0.1, 0.15) is 12.7 Å². The molecule has 68 valence electrons. The molecule has 0 unspecified atom stereocenters. The molecule has 1 aromatic rings. The van der Waals surface area contributed by atoms with E-state index in [-0.39, 0.29) is 11.8 Å². The summed E-state index contributed by atoms with van der Waals surface area (Å²) in [5.74, 6) is -1.14. The molecule has 3 nitrogen and oxygen atoms in total. The highest BCUT2D eigenvalue weighted by atomic mass is 32.1. The summed E-state index contributed by atoms with van der Waals surface area (Å²) in [5.41, 5.74) is 0. The van der Waals surface area contributed by atoms with E-state index in [2.05, 4.69) is 9.36 Å². The maximum absolute atomic E-state index is 11.9. The Balaban J connectivity index is 2.77. The van der Waals surface area contributed by atoms with Gasteiger partial charge in [0.25, 0.3) is 11.0 Å². The number of hydrogen-bond acceptors (Lipinski definition) is 4. The van der Waals surface area contributed by atoms with Crippen LogP contribution in [0.5, 0.6) is 5.19 Å². The third-order valence-corrected chi connectivity index (χ3v) is 1.56. The highest BCUT2D eigenvalue weighted by Crippen LogP contribution is 2.29. The molecule has 0 saturated carbocycles. The van der Waals surface area contributed by atoms with Crippen molar-refractivity contribution in [1.82, 2.24) is 9.36 Å². The molecule has 0 fully saturated rings. The van der Waals surface area contributed by atoms with Crippen LogP contribution < -0.4 is 4.74 Å². The molecule has 0 aromatic carbocycles. The molecule has 1 heterocycles. The topological polar surface area (TPSA) is 35.0 Å². The molecule has 0 radical (unpaired) electrons. The third kappa shape index (κ3) is 2.07. The lowest BCUT2D eigenvalue weighted by atomic mass is 10.6. The fourth-order valence-electron chi connectivity index (χ4n) is 0.507. The van der Waals surface area contributed by atoms with Crippen molar-refractivity contribution in [3.63, 3.8) is 0 Å². The molecule has 0 spiro atoms. The molecule has 7 heteroatoms. The minimum absolute atomic E-state index is 0.0511. The van der Waals surface area contributed by atoms with Gasteiger partial charge in [-0.2, -0.15) is 22.5 Å². The van der Waals surface area contributed by atoms with Crippen LogP contribution in [-0.2, 0) is 6.18 Å². The van der Waals surface area contributed by atoms with E-state index in [1.165, 1.54) is 0 Å². The van der Waals surface area contributed by atoms with Crippen molar-refractivity contribution in [2.45, 2.75) is 13.1 Å². The van der Waals surface area contributed by atoms with Crippen molar-refractivity contribution in [3.8, 4) is 5.19 Å². The zero-order valence-corrected chi connectivity index (χ0v) is 6.87. The van der Waals surface area contributed by atoms with Gasteiger partial charge in [0.05, 0.1) is 6.61 Å². The lowest BCUT2D eigenvalue weighted by Crippen LogP contribution is -2.07. The van der Waals surface area contributed by atoms with Crippen molar-refractivity contribution in [2.75, 3.05) is 6.61 Å². The Morgan fingerprint density at radius 3 is 2.58 bits per heavy atom. The fraction of sp³-hybridized carbons (Fsp3) is 0.600. The molecule has 0 atom stereocenters. The SMILES string of the molecule is CCOc1nc(C(F)(F)F)ns1. The molecule has 0 aliphatic rings. The number of nitrogens with zero attached hydrogens (tertiary/aromatic N) is 2. The molecular formula is C5H5F3N2OS. The Morgan fingerprint density at radius 2 is 2.17 bits per heavy atom. The van der Waals surface area contributed by atoms with Gasteiger partial charge in [-0.15, -0.1) is 0 Å². The summed E-state index contributed by atoms with van der Waals surface area (Å²) >= 11 is 0.598. The van der Waals surface area contributed by atoms with Crippen LogP contribution >= 0.6 is 11.5 Å². The number of hydrogen-bond donors (Lipinski definition) is 0. The molecule has 0 amide bonds. The number of aromatic nitrogens is 2. The van der Waals surface area contributed by atoms with Crippen LogP contribution in [0.3, 0.4) is 0 Å². The van der Waals surface area contributed by atoms with Gasteiger partial charge in [0, 0.05) is 11.5 Å². The van der Waals surface area contributed by atoms with Gasteiger partial charge in [-0.25, -0.2) is 0 Å². The summed E-state index contributed by atoms with van der Waals surface area (Å²) in [6.45, 7) is 1.95. The zero-order chi connectivity index (χ0) is 9.19. The van der Waals surface area contributed by atoms with Gasteiger partial charge in [0.15, 0.2) is 0 Å². The van der Waals surface area contributed by atoms with Crippen molar-refractivity contribution >= 4 is 11.5 Å². The van der Waals surface area contributed by atoms with Gasteiger partial charge in [-0.3, -0.25) is 0 Å². The van der Waals surface area contributed by atoms with E-state index < -0.39 is 12.0 Å². The van der Waals surface area contributed by atoms with Crippen molar-refractivity contribution in [1.29, 1.82) is 0 Å². The second kappa shape index (κ2) is 3.26.